The molecule has 1 fully saturated rings. The number of hydrogen-bond acceptors (Lipinski definition) is 4. The fourth-order valence-electron chi connectivity index (χ4n) is 3.80. The Labute approximate surface area is 204 Å². The monoisotopic (exact) mass is 472 g/mol. The molecule has 0 aliphatic carbocycles. The Morgan fingerprint density at radius 3 is 2.30 bits per heavy atom. The van der Waals surface area contributed by atoms with Gasteiger partial charge >= 0.3 is 5.97 Å². The first-order valence-corrected chi connectivity index (χ1v) is 11.7. The molecule has 0 unspecified atom stereocenters. The van der Waals surface area contributed by atoms with Crippen LogP contribution < -0.4 is 4.74 Å². The van der Waals surface area contributed by atoms with E-state index >= 15 is 0 Å². The summed E-state index contributed by atoms with van der Waals surface area (Å²) in [7, 11) is 0. The van der Waals surface area contributed by atoms with E-state index in [0.717, 1.165) is 41.2 Å². The van der Waals surface area contributed by atoms with Crippen LogP contribution in [0.3, 0.4) is 0 Å². The lowest BCUT2D eigenvalue weighted by Gasteiger charge is -2.35. The van der Waals surface area contributed by atoms with Crippen molar-refractivity contribution in [2.45, 2.75) is 64.8 Å². The van der Waals surface area contributed by atoms with E-state index in [9.17, 15) is 4.79 Å². The van der Waals surface area contributed by atoms with E-state index < -0.39 is 0 Å². The lowest BCUT2D eigenvalue weighted by molar-refractivity contribution is -0.160. The number of ether oxygens (including phenoxy) is 3. The molecule has 2 aromatic rings. The standard InChI is InChI=1S/C24H29ClO4.2C2H4/c1-4-20-14-22(28-16(3)26)15-24(29-20)18-8-11-23(25)19(13-18)12-17-6-9-21(10-7-17)27-5-2;2*1-2/h6-11,13,20,22,24H,4-5,12,14-15H2,1-3H3;2*1-2H2/t20-,22+,24-;;/m1../s1. The summed E-state index contributed by atoms with van der Waals surface area (Å²) in [5.74, 6) is 0.631. The molecule has 180 valence electrons. The SMILES string of the molecule is C=C.C=C.CCOc1ccc(Cc2cc([C@H]3C[C@@H](OC(C)=O)C[C@@H](CC)O3)ccc2Cl)cc1. The molecular weight excluding hydrogens is 436 g/mol. The van der Waals surface area contributed by atoms with E-state index in [4.69, 9.17) is 25.8 Å². The molecule has 4 nitrogen and oxygen atoms in total. The highest BCUT2D eigenvalue weighted by Gasteiger charge is 2.31. The van der Waals surface area contributed by atoms with Crippen LogP contribution >= 0.6 is 11.6 Å². The van der Waals surface area contributed by atoms with Crippen molar-refractivity contribution >= 4 is 17.6 Å². The van der Waals surface area contributed by atoms with Gasteiger partial charge in [-0.25, -0.2) is 0 Å². The predicted octanol–water partition coefficient (Wildman–Crippen LogP) is 7.50. The zero-order valence-corrected chi connectivity index (χ0v) is 20.9. The molecule has 0 spiro atoms. The Balaban J connectivity index is 0.00000129. The van der Waals surface area contributed by atoms with Gasteiger partial charge < -0.3 is 14.2 Å². The third kappa shape index (κ3) is 9.07. The molecule has 5 heteroatoms. The lowest BCUT2D eigenvalue weighted by atomic mass is 9.93. The summed E-state index contributed by atoms with van der Waals surface area (Å²) in [5, 5.41) is 0.738. The van der Waals surface area contributed by atoms with Gasteiger partial charge in [-0.3, -0.25) is 4.79 Å². The van der Waals surface area contributed by atoms with Crippen molar-refractivity contribution in [3.63, 3.8) is 0 Å². The largest absolute Gasteiger partial charge is 0.494 e. The summed E-state index contributed by atoms with van der Waals surface area (Å²) in [6, 6.07) is 14.2. The Morgan fingerprint density at radius 2 is 1.73 bits per heavy atom. The van der Waals surface area contributed by atoms with E-state index in [1.54, 1.807) is 0 Å². The Kier molecular flexibility index (Phi) is 13.2. The number of halogens is 1. The van der Waals surface area contributed by atoms with Gasteiger partial charge in [0.2, 0.25) is 0 Å². The fourth-order valence-corrected chi connectivity index (χ4v) is 3.98. The molecule has 1 heterocycles. The second-order valence-electron chi connectivity index (χ2n) is 7.46. The van der Waals surface area contributed by atoms with Gasteiger partial charge in [0.25, 0.3) is 0 Å². The van der Waals surface area contributed by atoms with Crippen molar-refractivity contribution < 1.29 is 19.0 Å². The number of esters is 1. The highest BCUT2D eigenvalue weighted by atomic mass is 35.5. The molecule has 3 atom stereocenters. The Hall–Kier alpha value is -2.56. The smallest absolute Gasteiger partial charge is 0.302 e. The minimum absolute atomic E-state index is 0.0864. The lowest BCUT2D eigenvalue weighted by Crippen LogP contribution is -2.33. The second kappa shape index (κ2) is 15.3. The average Bonchev–Trinajstić information content (AvgIpc) is 2.84. The fraction of sp³-hybridized carbons (Fsp3) is 0.393. The molecule has 1 saturated heterocycles. The summed E-state index contributed by atoms with van der Waals surface area (Å²) in [4.78, 5) is 11.4. The molecule has 1 aliphatic rings. The van der Waals surface area contributed by atoms with Crippen molar-refractivity contribution in [3.8, 4) is 5.75 Å². The van der Waals surface area contributed by atoms with E-state index in [1.807, 2.05) is 31.2 Å². The molecule has 1 aliphatic heterocycles. The zero-order chi connectivity index (χ0) is 24.8. The Bertz CT molecular complexity index is 847. The number of hydrogen-bond donors (Lipinski definition) is 0. The third-order valence-electron chi connectivity index (χ3n) is 5.22. The van der Waals surface area contributed by atoms with Crippen LogP contribution in [0, 0.1) is 0 Å². The molecular formula is C28H37ClO4. The molecule has 0 radical (unpaired) electrons. The van der Waals surface area contributed by atoms with Gasteiger partial charge in [-0.15, -0.1) is 26.3 Å². The van der Waals surface area contributed by atoms with Crippen LogP contribution in [0.1, 0.15) is 62.8 Å². The van der Waals surface area contributed by atoms with Gasteiger partial charge in [-0.2, -0.15) is 0 Å². The topological polar surface area (TPSA) is 44.8 Å². The molecule has 33 heavy (non-hydrogen) atoms. The summed E-state index contributed by atoms with van der Waals surface area (Å²) in [6.45, 7) is 18.2. The van der Waals surface area contributed by atoms with E-state index in [-0.39, 0.29) is 24.3 Å². The van der Waals surface area contributed by atoms with Gasteiger partial charge in [0.1, 0.15) is 11.9 Å². The average molecular weight is 473 g/mol. The van der Waals surface area contributed by atoms with Crippen molar-refractivity contribution in [1.29, 1.82) is 0 Å². The molecule has 0 aromatic heterocycles. The maximum Gasteiger partial charge on any atom is 0.302 e. The summed E-state index contributed by atoms with van der Waals surface area (Å²) in [5.41, 5.74) is 3.30. The summed E-state index contributed by atoms with van der Waals surface area (Å²) >= 11 is 6.48. The minimum Gasteiger partial charge on any atom is -0.494 e. The van der Waals surface area contributed by atoms with Crippen LogP contribution in [0.25, 0.3) is 0 Å². The van der Waals surface area contributed by atoms with Crippen LogP contribution in [0.2, 0.25) is 5.02 Å². The van der Waals surface area contributed by atoms with Gasteiger partial charge in [-0.1, -0.05) is 42.8 Å². The quantitative estimate of drug-likeness (QED) is 0.309. The highest BCUT2D eigenvalue weighted by Crippen LogP contribution is 2.36. The van der Waals surface area contributed by atoms with E-state index in [1.165, 1.54) is 12.5 Å². The minimum atomic E-state index is -0.238. The van der Waals surface area contributed by atoms with Gasteiger partial charge in [-0.05, 0) is 54.7 Å². The van der Waals surface area contributed by atoms with Gasteiger partial charge in [0.15, 0.2) is 0 Å². The van der Waals surface area contributed by atoms with Crippen molar-refractivity contribution in [2.24, 2.45) is 0 Å². The second-order valence-corrected chi connectivity index (χ2v) is 7.87. The van der Waals surface area contributed by atoms with Crippen LogP contribution in [0.4, 0.5) is 0 Å². The van der Waals surface area contributed by atoms with Crippen molar-refractivity contribution in [2.75, 3.05) is 6.61 Å². The summed E-state index contributed by atoms with van der Waals surface area (Å²) in [6.07, 6.45) is 2.91. The van der Waals surface area contributed by atoms with Crippen LogP contribution in [-0.2, 0) is 20.7 Å². The molecule has 0 amide bonds. The van der Waals surface area contributed by atoms with Crippen molar-refractivity contribution in [3.05, 3.63) is 90.5 Å². The first kappa shape index (κ1) is 28.5. The van der Waals surface area contributed by atoms with Gasteiger partial charge in [0, 0.05) is 24.8 Å². The molecule has 3 rings (SSSR count). The maximum absolute atomic E-state index is 11.4. The molecule has 0 N–H and O–H groups in total. The third-order valence-corrected chi connectivity index (χ3v) is 5.59. The van der Waals surface area contributed by atoms with Crippen LogP contribution in [0.5, 0.6) is 5.75 Å². The number of carbonyl (C=O) groups excluding carboxylic acids is 1. The zero-order valence-electron chi connectivity index (χ0n) is 20.1. The molecule has 2 aromatic carbocycles. The van der Waals surface area contributed by atoms with Crippen LogP contribution in [0.15, 0.2) is 68.8 Å². The Morgan fingerprint density at radius 1 is 1.06 bits per heavy atom. The summed E-state index contributed by atoms with van der Waals surface area (Å²) < 4.78 is 17.3. The molecule has 0 bridgehead atoms. The number of rotatable bonds is 7. The normalized spacial score (nSPS) is 19.2. The number of benzene rings is 2. The van der Waals surface area contributed by atoms with Crippen LogP contribution in [-0.4, -0.2) is 24.8 Å². The predicted molar refractivity (Wildman–Crippen MR) is 137 cm³/mol. The first-order chi connectivity index (χ1) is 16.0. The highest BCUT2D eigenvalue weighted by molar-refractivity contribution is 6.31. The molecule has 0 saturated carbocycles. The van der Waals surface area contributed by atoms with E-state index in [2.05, 4.69) is 51.4 Å². The maximum atomic E-state index is 11.4. The van der Waals surface area contributed by atoms with Gasteiger partial charge in [0.05, 0.1) is 18.8 Å². The van der Waals surface area contributed by atoms with E-state index in [0.29, 0.717) is 13.0 Å². The van der Waals surface area contributed by atoms with Crippen molar-refractivity contribution in [1.82, 2.24) is 0 Å². The first-order valence-electron chi connectivity index (χ1n) is 11.3. The number of carbonyl (C=O) groups is 1.